The number of hydrogen-bond donors (Lipinski definition) is 0. The quantitative estimate of drug-likeness (QED) is 0.0577. The summed E-state index contributed by atoms with van der Waals surface area (Å²) < 4.78 is 219. The topological polar surface area (TPSA) is 230 Å². The van der Waals surface area contributed by atoms with Crippen LogP contribution in [0, 0.1) is 11.6 Å². The average Bonchev–Trinajstić information content (AvgIpc) is 3.65. The van der Waals surface area contributed by atoms with Gasteiger partial charge in [0.05, 0.1) is 46.1 Å². The molecule has 0 unspecified atom stereocenters. The zero-order valence-corrected chi connectivity index (χ0v) is 46.0. The number of carbonyl (C=O) groups excluding carboxylic acids is 2. The van der Waals surface area contributed by atoms with Crippen molar-refractivity contribution in [3.8, 4) is 28.5 Å². The van der Waals surface area contributed by atoms with Crippen LogP contribution in [0.3, 0.4) is 0 Å². The number of methoxy groups -OCH3 is 1. The van der Waals surface area contributed by atoms with Crippen molar-refractivity contribution in [2.75, 3.05) is 20.2 Å². The first-order chi connectivity index (χ1) is 39.5. The molecule has 30 heteroatoms. The van der Waals surface area contributed by atoms with E-state index >= 15 is 0 Å². The normalized spacial score (nSPS) is 18.0. The van der Waals surface area contributed by atoms with Gasteiger partial charge in [-0.1, -0.05) is 30.3 Å². The molecule has 84 heavy (non-hydrogen) atoms. The number of Topliss-reactive ketones (excluding diaryl/α,β-unsaturated/α-hetero) is 2. The number of nitrogens with zero attached hydrogens (tertiary/aromatic N) is 8. The average molecular weight is 1240 g/mol. The summed E-state index contributed by atoms with van der Waals surface area (Å²) in [6, 6.07) is 19.7. The Labute approximate surface area is 473 Å². The first-order valence-electron chi connectivity index (χ1n) is 25.0. The Balaban J connectivity index is 0.000000223. The SMILES string of the molecule is COc1nc(CCC(=O)[C@@H]2C[C@@H](F)CN2S(=O)(=O)c2ccc(F)cc2)cc(-c2ccc(C(F)(F)F)nc2)n1.O=C(CCc1cc(-c2ccc(C(F)(F)F)nc2)nc(S(=O)(=O)Cc2ccccc2)n1)[C@@H]1C[C@@H](F)CN1S(=O)(=O)c1ccc(F)cc1. The molecular formula is C54H46F10N8O9S3. The van der Waals surface area contributed by atoms with Crippen LogP contribution in [0.15, 0.2) is 143 Å². The second kappa shape index (κ2) is 25.3. The monoisotopic (exact) mass is 1240 g/mol. The molecule has 17 nitrogen and oxygen atoms in total. The fourth-order valence-electron chi connectivity index (χ4n) is 8.96. The lowest BCUT2D eigenvalue weighted by molar-refractivity contribution is -0.141. The van der Waals surface area contributed by atoms with Crippen molar-refractivity contribution in [3.05, 3.63) is 168 Å². The van der Waals surface area contributed by atoms with Crippen LogP contribution in [0.2, 0.25) is 0 Å². The lowest BCUT2D eigenvalue weighted by atomic mass is 10.0. The van der Waals surface area contributed by atoms with Gasteiger partial charge in [-0.3, -0.25) is 19.6 Å². The smallest absolute Gasteiger partial charge is 0.433 e. The number of rotatable bonds is 18. The highest BCUT2D eigenvalue weighted by molar-refractivity contribution is 7.90. The number of alkyl halides is 8. The highest BCUT2D eigenvalue weighted by atomic mass is 32.2. The fraction of sp³-hybridized carbons (Fsp3) is 0.296. The molecule has 0 amide bonds. The van der Waals surface area contributed by atoms with Gasteiger partial charge in [-0.05, 0) is 103 Å². The van der Waals surface area contributed by atoms with E-state index in [1.54, 1.807) is 30.3 Å². The molecule has 4 atom stereocenters. The summed E-state index contributed by atoms with van der Waals surface area (Å²) in [5.41, 5.74) is -1.08. The molecule has 3 aromatic carbocycles. The second-order valence-corrected chi connectivity index (χ2v) is 24.7. The summed E-state index contributed by atoms with van der Waals surface area (Å²) in [4.78, 5) is 49.0. The molecule has 0 saturated carbocycles. The van der Waals surface area contributed by atoms with Crippen LogP contribution >= 0.6 is 0 Å². The number of carbonyl (C=O) groups is 2. The number of aromatic nitrogens is 6. The molecule has 4 aromatic heterocycles. The molecule has 2 aliphatic heterocycles. The number of ether oxygens (including phenoxy) is 1. The van der Waals surface area contributed by atoms with E-state index in [1.165, 1.54) is 25.3 Å². The number of pyridine rings is 2. The van der Waals surface area contributed by atoms with Crippen LogP contribution in [0.4, 0.5) is 43.9 Å². The first kappa shape index (κ1) is 62.4. The van der Waals surface area contributed by atoms with Gasteiger partial charge in [0, 0.05) is 73.7 Å². The third-order valence-corrected chi connectivity index (χ3v) is 18.4. The van der Waals surface area contributed by atoms with Crippen LogP contribution in [-0.4, -0.2) is 120 Å². The standard InChI is InChI=1S/C30H25F5N4O5S2.C24H21F5N4O4S/c31-21-7-10-24(11-8-21)46(43,44)39-17-22(32)14-26(39)27(40)12-9-23-15-25(20-6-13-28(36-16-20)30(33,34)35)38-29(37-23)45(41,42)18-19-4-2-1-3-5-19;1-37-23-31-17(11-19(32-23)14-2-9-22(30-12-14)24(27,28)29)5-8-21(34)20-10-16(26)13-33(20)38(35,36)18-6-3-15(25)4-7-18/h1-8,10-11,13,15-16,22,26H,9,12,14,17-18H2;2-4,6-7,9,11-12,16,20H,5,8,10,13H2,1H3/t22-,26+;16-,20+/m11/s1. The molecule has 6 heterocycles. The van der Waals surface area contributed by atoms with Crippen LogP contribution in [-0.2, 0) is 70.4 Å². The third kappa shape index (κ3) is 15.0. The van der Waals surface area contributed by atoms with Crippen molar-refractivity contribution in [1.82, 2.24) is 38.5 Å². The van der Waals surface area contributed by atoms with Gasteiger partial charge >= 0.3 is 18.4 Å². The summed E-state index contributed by atoms with van der Waals surface area (Å²) in [7, 11) is -11.5. The number of hydrogen-bond acceptors (Lipinski definition) is 15. The number of benzene rings is 3. The van der Waals surface area contributed by atoms with Gasteiger partial charge in [-0.2, -0.15) is 39.9 Å². The summed E-state index contributed by atoms with van der Waals surface area (Å²) in [5.74, 6) is -3.04. The van der Waals surface area contributed by atoms with Gasteiger partial charge < -0.3 is 4.74 Å². The molecule has 2 saturated heterocycles. The fourth-order valence-corrected chi connectivity index (χ4v) is 13.5. The van der Waals surface area contributed by atoms with Gasteiger partial charge in [0.25, 0.3) is 0 Å². The molecule has 2 fully saturated rings. The Hall–Kier alpha value is -7.67. The van der Waals surface area contributed by atoms with Crippen LogP contribution < -0.4 is 4.74 Å². The van der Waals surface area contributed by atoms with Crippen molar-refractivity contribution in [1.29, 1.82) is 0 Å². The van der Waals surface area contributed by atoms with Crippen molar-refractivity contribution in [2.45, 2.75) is 96.0 Å². The van der Waals surface area contributed by atoms with Gasteiger partial charge in [0.15, 0.2) is 11.6 Å². The first-order valence-corrected chi connectivity index (χ1v) is 29.6. The van der Waals surface area contributed by atoms with E-state index in [-0.39, 0.29) is 76.1 Å². The predicted molar refractivity (Wildman–Crippen MR) is 278 cm³/mol. The highest BCUT2D eigenvalue weighted by Crippen LogP contribution is 2.34. The lowest BCUT2D eigenvalue weighted by Gasteiger charge is -2.22. The van der Waals surface area contributed by atoms with E-state index in [2.05, 4.69) is 29.9 Å². The molecule has 2 aliphatic rings. The third-order valence-electron chi connectivity index (χ3n) is 13.1. The van der Waals surface area contributed by atoms with Crippen molar-refractivity contribution in [2.24, 2.45) is 0 Å². The zero-order chi connectivity index (χ0) is 60.9. The molecular weight excluding hydrogens is 1190 g/mol. The van der Waals surface area contributed by atoms with E-state index in [1.807, 2.05) is 0 Å². The summed E-state index contributed by atoms with van der Waals surface area (Å²) >= 11 is 0. The Bertz CT molecular complexity index is 3860. The minimum atomic E-state index is -4.71. The Morgan fingerprint density at radius 2 is 1.00 bits per heavy atom. The molecule has 0 aliphatic carbocycles. The summed E-state index contributed by atoms with van der Waals surface area (Å²) in [6.07, 6.45) is -12.2. The van der Waals surface area contributed by atoms with Crippen molar-refractivity contribution in [3.63, 3.8) is 0 Å². The maximum Gasteiger partial charge on any atom is 0.433 e. The van der Waals surface area contributed by atoms with Crippen LogP contribution in [0.5, 0.6) is 6.01 Å². The van der Waals surface area contributed by atoms with Crippen molar-refractivity contribution >= 4 is 41.5 Å². The van der Waals surface area contributed by atoms with E-state index in [9.17, 15) is 78.7 Å². The van der Waals surface area contributed by atoms with E-state index in [0.29, 0.717) is 17.3 Å². The molecule has 9 rings (SSSR count). The summed E-state index contributed by atoms with van der Waals surface area (Å²) in [6.45, 7) is -1.10. The van der Waals surface area contributed by atoms with Crippen LogP contribution in [0.25, 0.3) is 22.5 Å². The molecule has 0 N–H and O–H groups in total. The van der Waals surface area contributed by atoms with Gasteiger partial charge in [0.1, 0.15) is 35.4 Å². The number of aryl methyl sites for hydroxylation is 2. The number of sulfone groups is 1. The number of sulfonamides is 2. The molecule has 444 valence electrons. The number of ketones is 2. The van der Waals surface area contributed by atoms with E-state index < -0.39 is 132 Å². The van der Waals surface area contributed by atoms with Gasteiger partial charge in [-0.25, -0.2) is 57.8 Å². The minimum absolute atomic E-state index is 0.00331. The minimum Gasteiger partial charge on any atom is -0.467 e. The predicted octanol–water partition coefficient (Wildman–Crippen LogP) is 8.98. The zero-order valence-electron chi connectivity index (χ0n) is 43.6. The highest BCUT2D eigenvalue weighted by Gasteiger charge is 2.45. The van der Waals surface area contributed by atoms with Gasteiger partial charge in [0.2, 0.25) is 35.0 Å². The Morgan fingerprint density at radius 3 is 1.40 bits per heavy atom. The lowest BCUT2D eigenvalue weighted by Crippen LogP contribution is -2.40. The maximum atomic E-state index is 14.5. The van der Waals surface area contributed by atoms with Gasteiger partial charge in [-0.15, -0.1) is 0 Å². The number of halogens is 10. The summed E-state index contributed by atoms with van der Waals surface area (Å²) in [5, 5.41) is -0.638. The molecule has 0 radical (unpaired) electrons. The maximum absolute atomic E-state index is 14.5. The second-order valence-electron chi connectivity index (χ2n) is 19.1. The molecule has 7 aromatic rings. The van der Waals surface area contributed by atoms with Crippen LogP contribution in [0.1, 0.15) is 54.0 Å². The van der Waals surface area contributed by atoms with E-state index in [0.717, 1.165) is 81.7 Å². The molecule has 0 bridgehead atoms. The molecule has 0 spiro atoms. The largest absolute Gasteiger partial charge is 0.467 e. The van der Waals surface area contributed by atoms with E-state index in [4.69, 9.17) is 4.74 Å². The Kier molecular flexibility index (Phi) is 18.8. The van der Waals surface area contributed by atoms with Crippen molar-refractivity contribution < 1.29 is 83.5 Å². The Morgan fingerprint density at radius 1 is 0.571 bits per heavy atom.